The van der Waals surface area contributed by atoms with Crippen LogP contribution in [0.2, 0.25) is 0 Å². The second-order valence-electron chi connectivity index (χ2n) is 6.36. The third-order valence-electron chi connectivity index (χ3n) is 4.03. The minimum atomic E-state index is -0.0613. The Balaban J connectivity index is 1.75. The highest BCUT2D eigenvalue weighted by molar-refractivity contribution is 7.99. The van der Waals surface area contributed by atoms with E-state index in [0.717, 1.165) is 33.5 Å². The van der Waals surface area contributed by atoms with E-state index in [-0.39, 0.29) is 11.7 Å². The third-order valence-corrected chi connectivity index (χ3v) is 4.96. The van der Waals surface area contributed by atoms with Crippen LogP contribution < -0.4 is 5.32 Å². The van der Waals surface area contributed by atoms with E-state index in [9.17, 15) is 4.79 Å². The molecule has 0 aliphatic heterocycles. The first-order chi connectivity index (χ1) is 12.4. The standard InChI is InChI=1S/C20H22N4OS/c1-13-6-5-7-17(10-13)21-19(25)12-26-20-23-22-16(4)24(20)18-11-14(2)8-9-15(18)3/h5-11H,12H2,1-4H3,(H,21,25). The number of thioether (sulfide) groups is 1. The van der Waals surface area contributed by atoms with Gasteiger partial charge in [-0.1, -0.05) is 36.0 Å². The first-order valence-corrected chi connectivity index (χ1v) is 9.41. The van der Waals surface area contributed by atoms with E-state index < -0.39 is 0 Å². The number of hydrogen-bond acceptors (Lipinski definition) is 4. The lowest BCUT2D eigenvalue weighted by atomic mass is 10.1. The molecule has 0 unspecified atom stereocenters. The fraction of sp³-hybridized carbons (Fsp3) is 0.250. The van der Waals surface area contributed by atoms with Crippen LogP contribution in [0.4, 0.5) is 5.69 Å². The molecule has 1 heterocycles. The molecule has 1 N–H and O–H groups in total. The summed E-state index contributed by atoms with van der Waals surface area (Å²) in [7, 11) is 0. The molecule has 1 amide bonds. The van der Waals surface area contributed by atoms with E-state index in [2.05, 4.69) is 47.6 Å². The van der Waals surface area contributed by atoms with Crippen LogP contribution >= 0.6 is 11.8 Å². The number of amides is 1. The van der Waals surface area contributed by atoms with E-state index in [0.29, 0.717) is 0 Å². The molecule has 0 spiro atoms. The highest BCUT2D eigenvalue weighted by atomic mass is 32.2. The molecule has 0 saturated heterocycles. The average molecular weight is 366 g/mol. The maximum absolute atomic E-state index is 12.3. The molecule has 0 aliphatic carbocycles. The Morgan fingerprint density at radius 3 is 2.58 bits per heavy atom. The van der Waals surface area contributed by atoms with Gasteiger partial charge in [0.2, 0.25) is 5.91 Å². The Morgan fingerprint density at radius 1 is 1.04 bits per heavy atom. The highest BCUT2D eigenvalue weighted by Crippen LogP contribution is 2.25. The van der Waals surface area contributed by atoms with Gasteiger partial charge in [0, 0.05) is 5.69 Å². The molecule has 134 valence electrons. The van der Waals surface area contributed by atoms with Crippen LogP contribution in [0.1, 0.15) is 22.5 Å². The van der Waals surface area contributed by atoms with Crippen LogP contribution in [0.5, 0.6) is 0 Å². The van der Waals surface area contributed by atoms with Crippen molar-refractivity contribution in [2.75, 3.05) is 11.1 Å². The number of benzene rings is 2. The maximum Gasteiger partial charge on any atom is 0.234 e. The first-order valence-electron chi connectivity index (χ1n) is 8.43. The van der Waals surface area contributed by atoms with Gasteiger partial charge >= 0.3 is 0 Å². The minimum Gasteiger partial charge on any atom is -0.325 e. The van der Waals surface area contributed by atoms with Crippen LogP contribution in [0.15, 0.2) is 47.6 Å². The second-order valence-corrected chi connectivity index (χ2v) is 7.30. The molecular formula is C20H22N4OS. The van der Waals surface area contributed by atoms with Crippen molar-refractivity contribution in [1.82, 2.24) is 14.8 Å². The van der Waals surface area contributed by atoms with Crippen molar-refractivity contribution in [3.8, 4) is 5.69 Å². The van der Waals surface area contributed by atoms with E-state index in [1.807, 2.05) is 42.7 Å². The van der Waals surface area contributed by atoms with Gasteiger partial charge in [-0.25, -0.2) is 0 Å². The normalized spacial score (nSPS) is 10.8. The number of anilines is 1. The van der Waals surface area contributed by atoms with Gasteiger partial charge in [-0.3, -0.25) is 9.36 Å². The van der Waals surface area contributed by atoms with Gasteiger partial charge in [0.05, 0.1) is 11.4 Å². The molecule has 0 bridgehead atoms. The Bertz CT molecular complexity index is 949. The largest absolute Gasteiger partial charge is 0.325 e. The van der Waals surface area contributed by atoms with Gasteiger partial charge in [-0.15, -0.1) is 10.2 Å². The topological polar surface area (TPSA) is 59.8 Å². The van der Waals surface area contributed by atoms with Crippen molar-refractivity contribution < 1.29 is 4.79 Å². The number of nitrogens with one attached hydrogen (secondary N) is 1. The van der Waals surface area contributed by atoms with Crippen molar-refractivity contribution >= 4 is 23.4 Å². The molecule has 26 heavy (non-hydrogen) atoms. The molecule has 3 rings (SSSR count). The molecule has 1 aromatic heterocycles. The molecule has 3 aromatic rings. The van der Waals surface area contributed by atoms with Crippen LogP contribution in [-0.4, -0.2) is 26.4 Å². The molecular weight excluding hydrogens is 344 g/mol. The smallest absolute Gasteiger partial charge is 0.234 e. The van der Waals surface area contributed by atoms with Crippen LogP contribution in [0.3, 0.4) is 0 Å². The van der Waals surface area contributed by atoms with E-state index >= 15 is 0 Å². The van der Waals surface area contributed by atoms with E-state index in [1.165, 1.54) is 17.3 Å². The molecule has 0 saturated carbocycles. The van der Waals surface area contributed by atoms with Crippen molar-refractivity contribution in [2.45, 2.75) is 32.9 Å². The second kappa shape index (κ2) is 7.74. The summed E-state index contributed by atoms with van der Waals surface area (Å²) in [5.74, 6) is 1.02. The average Bonchev–Trinajstić information content (AvgIpc) is 2.96. The van der Waals surface area contributed by atoms with E-state index in [1.54, 1.807) is 0 Å². The number of carbonyl (C=O) groups is 1. The summed E-state index contributed by atoms with van der Waals surface area (Å²) in [4.78, 5) is 12.3. The zero-order valence-electron chi connectivity index (χ0n) is 15.4. The lowest BCUT2D eigenvalue weighted by Gasteiger charge is -2.12. The van der Waals surface area contributed by atoms with E-state index in [4.69, 9.17) is 0 Å². The van der Waals surface area contributed by atoms with Crippen LogP contribution in [0.25, 0.3) is 5.69 Å². The Kier molecular flexibility index (Phi) is 5.42. The zero-order valence-corrected chi connectivity index (χ0v) is 16.2. The molecule has 6 heteroatoms. The van der Waals surface area contributed by atoms with Crippen molar-refractivity contribution in [2.24, 2.45) is 0 Å². The van der Waals surface area contributed by atoms with Crippen LogP contribution in [-0.2, 0) is 4.79 Å². The predicted molar refractivity (Wildman–Crippen MR) is 106 cm³/mol. The summed E-state index contributed by atoms with van der Waals surface area (Å²) in [6.45, 7) is 8.04. The number of aromatic nitrogens is 3. The third kappa shape index (κ3) is 4.14. The molecule has 5 nitrogen and oxygen atoms in total. The summed E-state index contributed by atoms with van der Waals surface area (Å²) in [6, 6.07) is 14.0. The first kappa shape index (κ1) is 18.2. The molecule has 0 radical (unpaired) electrons. The van der Waals surface area contributed by atoms with Gasteiger partial charge in [-0.05, 0) is 62.6 Å². The lowest BCUT2D eigenvalue weighted by Crippen LogP contribution is -2.14. The van der Waals surface area contributed by atoms with Gasteiger partial charge in [-0.2, -0.15) is 0 Å². The maximum atomic E-state index is 12.3. The number of hydrogen-bond donors (Lipinski definition) is 1. The number of carbonyl (C=O) groups excluding carboxylic acids is 1. The van der Waals surface area contributed by atoms with Crippen molar-refractivity contribution in [1.29, 1.82) is 0 Å². The molecule has 0 fully saturated rings. The fourth-order valence-corrected chi connectivity index (χ4v) is 3.51. The summed E-state index contributed by atoms with van der Waals surface area (Å²) in [5, 5.41) is 12.1. The minimum absolute atomic E-state index is 0.0613. The van der Waals surface area contributed by atoms with Gasteiger partial charge in [0.25, 0.3) is 0 Å². The number of rotatable bonds is 5. The quantitative estimate of drug-likeness (QED) is 0.687. The highest BCUT2D eigenvalue weighted by Gasteiger charge is 2.15. The number of nitrogens with zero attached hydrogens (tertiary/aromatic N) is 3. The Morgan fingerprint density at radius 2 is 1.81 bits per heavy atom. The summed E-state index contributed by atoms with van der Waals surface area (Å²) >= 11 is 1.39. The Hall–Kier alpha value is -2.60. The summed E-state index contributed by atoms with van der Waals surface area (Å²) in [6.07, 6.45) is 0. The van der Waals surface area contributed by atoms with Crippen molar-refractivity contribution in [3.63, 3.8) is 0 Å². The molecule has 0 atom stereocenters. The van der Waals surface area contributed by atoms with Gasteiger partial charge < -0.3 is 5.32 Å². The fourth-order valence-electron chi connectivity index (χ4n) is 2.72. The summed E-state index contributed by atoms with van der Waals surface area (Å²) in [5.41, 5.74) is 5.29. The van der Waals surface area contributed by atoms with Crippen LogP contribution in [0, 0.1) is 27.7 Å². The molecule has 2 aromatic carbocycles. The molecule has 0 aliphatic rings. The van der Waals surface area contributed by atoms with Crippen molar-refractivity contribution in [3.05, 3.63) is 65.0 Å². The zero-order chi connectivity index (χ0) is 18.7. The van der Waals surface area contributed by atoms with Gasteiger partial charge in [0.1, 0.15) is 5.82 Å². The number of aryl methyl sites for hydroxylation is 4. The predicted octanol–water partition coefficient (Wildman–Crippen LogP) is 4.23. The summed E-state index contributed by atoms with van der Waals surface area (Å²) < 4.78 is 2.01. The monoisotopic (exact) mass is 366 g/mol. The van der Waals surface area contributed by atoms with Gasteiger partial charge in [0.15, 0.2) is 5.16 Å². The SMILES string of the molecule is Cc1cccc(NC(=O)CSc2nnc(C)n2-c2cc(C)ccc2C)c1. The Labute approximate surface area is 157 Å². The lowest BCUT2D eigenvalue weighted by molar-refractivity contribution is -0.113.